The Kier molecular flexibility index (Phi) is 8.80. The van der Waals surface area contributed by atoms with Crippen LogP contribution in [0.15, 0.2) is 84.9 Å². The maximum absolute atomic E-state index is 13.3. The molecule has 0 aliphatic heterocycles. The zero-order valence-corrected chi connectivity index (χ0v) is 19.4. The van der Waals surface area contributed by atoms with E-state index in [0.717, 1.165) is 16.7 Å². The van der Waals surface area contributed by atoms with Crippen LogP contribution in [0.5, 0.6) is 0 Å². The summed E-state index contributed by atoms with van der Waals surface area (Å²) in [5, 5.41) is 5.31. The monoisotopic (exact) mass is 459 g/mol. The van der Waals surface area contributed by atoms with Crippen molar-refractivity contribution in [2.75, 3.05) is 14.1 Å². The molecule has 0 aliphatic carbocycles. The molecule has 7 nitrogen and oxygen atoms in total. The first-order valence-electron chi connectivity index (χ1n) is 11.0. The summed E-state index contributed by atoms with van der Waals surface area (Å²) in [4.78, 5) is 39.1. The molecule has 34 heavy (non-hydrogen) atoms. The Bertz CT molecular complexity index is 1090. The molecule has 176 valence electrons. The van der Waals surface area contributed by atoms with E-state index in [2.05, 4.69) is 10.6 Å². The van der Waals surface area contributed by atoms with Crippen LogP contribution < -0.4 is 10.6 Å². The van der Waals surface area contributed by atoms with Crippen molar-refractivity contribution in [1.82, 2.24) is 15.5 Å². The zero-order valence-electron chi connectivity index (χ0n) is 19.4. The summed E-state index contributed by atoms with van der Waals surface area (Å²) in [7, 11) is 3.26. The minimum atomic E-state index is -0.791. The molecule has 3 amide bonds. The molecular formula is C27H29N3O4. The van der Waals surface area contributed by atoms with Gasteiger partial charge in [0.25, 0.3) is 5.91 Å². The molecule has 0 fully saturated rings. The lowest BCUT2D eigenvalue weighted by Crippen LogP contribution is -2.48. The SMILES string of the molecule is CNC(=O)c1ccc(CN(C)C(=O)C(Cc2ccccc2)NC(=O)OCc2ccccc2)cc1. The lowest BCUT2D eigenvalue weighted by molar-refractivity contribution is -0.132. The molecular weight excluding hydrogens is 430 g/mol. The standard InChI is InChI=1S/C27H29N3O4/c1-28-25(31)23-15-13-21(14-16-23)18-30(2)26(32)24(17-20-9-5-3-6-10-20)29-27(33)34-19-22-11-7-4-8-12-22/h3-16,24H,17-19H2,1-2H3,(H,28,31)(H,29,33). The molecule has 0 spiro atoms. The molecule has 2 N–H and O–H groups in total. The summed E-state index contributed by atoms with van der Waals surface area (Å²) in [6, 6.07) is 25.1. The Labute approximate surface area is 199 Å². The van der Waals surface area contributed by atoms with Gasteiger partial charge in [-0.15, -0.1) is 0 Å². The quantitative estimate of drug-likeness (QED) is 0.512. The van der Waals surface area contributed by atoms with Crippen LogP contribution in [0.25, 0.3) is 0 Å². The van der Waals surface area contributed by atoms with E-state index in [1.807, 2.05) is 72.8 Å². The molecule has 0 saturated heterocycles. The first kappa shape index (κ1) is 24.5. The minimum absolute atomic E-state index is 0.118. The van der Waals surface area contributed by atoms with Gasteiger partial charge in [0.05, 0.1) is 0 Å². The molecule has 0 aromatic heterocycles. The second-order valence-electron chi connectivity index (χ2n) is 7.92. The first-order chi connectivity index (χ1) is 16.5. The van der Waals surface area contributed by atoms with Gasteiger partial charge in [-0.3, -0.25) is 9.59 Å². The maximum Gasteiger partial charge on any atom is 0.408 e. The van der Waals surface area contributed by atoms with Gasteiger partial charge < -0.3 is 20.3 Å². The van der Waals surface area contributed by atoms with E-state index in [0.29, 0.717) is 18.5 Å². The molecule has 1 unspecified atom stereocenters. The third-order valence-corrected chi connectivity index (χ3v) is 5.32. The molecule has 0 bridgehead atoms. The number of carbonyl (C=O) groups is 3. The lowest BCUT2D eigenvalue weighted by Gasteiger charge is -2.25. The second kappa shape index (κ2) is 12.2. The van der Waals surface area contributed by atoms with Gasteiger partial charge in [0.1, 0.15) is 12.6 Å². The summed E-state index contributed by atoms with van der Waals surface area (Å²) < 4.78 is 5.33. The van der Waals surface area contributed by atoms with Crippen molar-refractivity contribution in [3.63, 3.8) is 0 Å². The maximum atomic E-state index is 13.3. The van der Waals surface area contributed by atoms with Crippen LogP contribution in [0.4, 0.5) is 4.79 Å². The van der Waals surface area contributed by atoms with E-state index in [-0.39, 0.29) is 18.4 Å². The third-order valence-electron chi connectivity index (χ3n) is 5.32. The summed E-state index contributed by atoms with van der Waals surface area (Å²) in [6.07, 6.45) is -0.318. The first-order valence-corrected chi connectivity index (χ1v) is 11.0. The average molecular weight is 460 g/mol. The highest BCUT2D eigenvalue weighted by Crippen LogP contribution is 2.11. The fourth-order valence-electron chi connectivity index (χ4n) is 3.48. The predicted octanol–water partition coefficient (Wildman–Crippen LogP) is 3.54. The molecule has 0 radical (unpaired) electrons. The van der Waals surface area contributed by atoms with Gasteiger partial charge >= 0.3 is 6.09 Å². The Morgan fingerprint density at radius 1 is 0.824 bits per heavy atom. The summed E-state index contributed by atoms with van der Waals surface area (Å²) in [5.41, 5.74) is 3.20. The number of rotatable bonds is 9. The number of alkyl carbamates (subject to hydrolysis) is 1. The van der Waals surface area contributed by atoms with Crippen LogP contribution in [0.3, 0.4) is 0 Å². The largest absolute Gasteiger partial charge is 0.445 e. The fraction of sp³-hybridized carbons (Fsp3) is 0.222. The zero-order chi connectivity index (χ0) is 24.3. The minimum Gasteiger partial charge on any atom is -0.445 e. The average Bonchev–Trinajstić information content (AvgIpc) is 2.88. The van der Waals surface area contributed by atoms with E-state index in [1.165, 1.54) is 0 Å². The normalized spacial score (nSPS) is 11.2. The number of carbonyl (C=O) groups excluding carboxylic acids is 3. The van der Waals surface area contributed by atoms with Gasteiger partial charge in [-0.05, 0) is 28.8 Å². The van der Waals surface area contributed by atoms with Crippen molar-refractivity contribution in [2.24, 2.45) is 0 Å². The fourth-order valence-corrected chi connectivity index (χ4v) is 3.48. The highest BCUT2D eigenvalue weighted by atomic mass is 16.5. The molecule has 3 aromatic carbocycles. The molecule has 0 heterocycles. The van der Waals surface area contributed by atoms with Crippen LogP contribution in [-0.2, 0) is 29.1 Å². The molecule has 1 atom stereocenters. The van der Waals surface area contributed by atoms with Crippen molar-refractivity contribution in [3.8, 4) is 0 Å². The number of hydrogen-bond acceptors (Lipinski definition) is 4. The number of ether oxygens (including phenoxy) is 1. The summed E-state index contributed by atoms with van der Waals surface area (Å²) in [6.45, 7) is 0.450. The second-order valence-corrected chi connectivity index (χ2v) is 7.92. The Hall–Kier alpha value is -4.13. The third kappa shape index (κ3) is 7.20. The number of hydrogen-bond donors (Lipinski definition) is 2. The summed E-state index contributed by atoms with van der Waals surface area (Å²) >= 11 is 0. The van der Waals surface area contributed by atoms with Gasteiger partial charge in [-0.1, -0.05) is 72.8 Å². The van der Waals surface area contributed by atoms with E-state index in [9.17, 15) is 14.4 Å². The Morgan fingerprint density at radius 3 is 2.00 bits per heavy atom. The van der Waals surface area contributed by atoms with Gasteiger partial charge in [-0.2, -0.15) is 0 Å². The van der Waals surface area contributed by atoms with Crippen LogP contribution in [-0.4, -0.2) is 42.9 Å². The van der Waals surface area contributed by atoms with Crippen LogP contribution >= 0.6 is 0 Å². The van der Waals surface area contributed by atoms with Crippen molar-refractivity contribution in [1.29, 1.82) is 0 Å². The van der Waals surface area contributed by atoms with Gasteiger partial charge in [-0.25, -0.2) is 4.79 Å². The van der Waals surface area contributed by atoms with Crippen LogP contribution in [0.2, 0.25) is 0 Å². The van der Waals surface area contributed by atoms with E-state index >= 15 is 0 Å². The van der Waals surface area contributed by atoms with E-state index in [4.69, 9.17) is 4.74 Å². The summed E-state index contributed by atoms with van der Waals surface area (Å²) in [5.74, 6) is -0.409. The number of benzene rings is 3. The van der Waals surface area contributed by atoms with Gasteiger partial charge in [0.2, 0.25) is 5.91 Å². The van der Waals surface area contributed by atoms with Crippen LogP contribution in [0.1, 0.15) is 27.0 Å². The van der Waals surface area contributed by atoms with E-state index < -0.39 is 12.1 Å². The van der Waals surface area contributed by atoms with Crippen molar-refractivity contribution in [2.45, 2.75) is 25.6 Å². The molecule has 3 rings (SSSR count). The van der Waals surface area contributed by atoms with Crippen molar-refractivity contribution < 1.29 is 19.1 Å². The van der Waals surface area contributed by atoms with Gasteiger partial charge in [0.15, 0.2) is 0 Å². The topological polar surface area (TPSA) is 87.7 Å². The molecule has 7 heteroatoms. The molecule has 0 aliphatic rings. The number of likely N-dealkylation sites (N-methyl/N-ethyl adjacent to an activating group) is 1. The number of nitrogens with zero attached hydrogens (tertiary/aromatic N) is 1. The molecule has 0 saturated carbocycles. The Morgan fingerprint density at radius 2 is 1.41 bits per heavy atom. The predicted molar refractivity (Wildman–Crippen MR) is 130 cm³/mol. The lowest BCUT2D eigenvalue weighted by atomic mass is 10.0. The van der Waals surface area contributed by atoms with Gasteiger partial charge in [0, 0.05) is 32.6 Å². The highest BCUT2D eigenvalue weighted by molar-refractivity contribution is 5.94. The van der Waals surface area contributed by atoms with Crippen LogP contribution in [0, 0.1) is 0 Å². The number of nitrogens with one attached hydrogen (secondary N) is 2. The smallest absolute Gasteiger partial charge is 0.408 e. The van der Waals surface area contributed by atoms with Crippen molar-refractivity contribution in [3.05, 3.63) is 107 Å². The van der Waals surface area contributed by atoms with E-state index in [1.54, 1.807) is 31.1 Å². The molecule has 3 aromatic rings. The number of amides is 3. The highest BCUT2D eigenvalue weighted by Gasteiger charge is 2.25. The Balaban J connectivity index is 1.66. The van der Waals surface area contributed by atoms with Crippen molar-refractivity contribution >= 4 is 17.9 Å².